The van der Waals surface area contributed by atoms with Gasteiger partial charge < -0.3 is 9.80 Å². The lowest BCUT2D eigenvalue weighted by molar-refractivity contribution is -0.137. The number of amides is 1. The number of piperidine rings is 1. The predicted molar refractivity (Wildman–Crippen MR) is 101 cm³/mol. The van der Waals surface area contributed by atoms with Gasteiger partial charge in [-0.05, 0) is 68.5 Å². The molecule has 1 aromatic heterocycles. The van der Waals surface area contributed by atoms with Gasteiger partial charge >= 0.3 is 6.18 Å². The summed E-state index contributed by atoms with van der Waals surface area (Å²) in [5.41, 5.74) is 0.0313. The Kier molecular flexibility index (Phi) is 4.75. The Morgan fingerprint density at radius 2 is 1.86 bits per heavy atom. The zero-order valence-corrected chi connectivity index (χ0v) is 16.1. The summed E-state index contributed by atoms with van der Waals surface area (Å²) in [5.74, 6) is -0.372. The lowest BCUT2D eigenvalue weighted by Crippen LogP contribution is -2.51. The first kappa shape index (κ1) is 19.7. The van der Waals surface area contributed by atoms with Gasteiger partial charge in [-0.3, -0.25) is 4.79 Å². The quantitative estimate of drug-likeness (QED) is 0.700. The monoisotopic (exact) mass is 407 g/mol. The highest BCUT2D eigenvalue weighted by atomic mass is 19.4. The van der Waals surface area contributed by atoms with Crippen LogP contribution >= 0.6 is 0 Å². The molecule has 1 saturated heterocycles. The summed E-state index contributed by atoms with van der Waals surface area (Å²) in [6.07, 6.45) is -2.05. The van der Waals surface area contributed by atoms with E-state index >= 15 is 0 Å². The number of halogens is 4. The van der Waals surface area contributed by atoms with Crippen LogP contribution in [0.1, 0.15) is 30.5 Å². The number of rotatable bonds is 3. The second-order valence-electron chi connectivity index (χ2n) is 7.81. The molecule has 1 aromatic carbocycles. The maximum Gasteiger partial charge on any atom is 0.416 e. The molecule has 2 aliphatic rings. The summed E-state index contributed by atoms with van der Waals surface area (Å²) in [6.45, 7) is 1.52. The average molecular weight is 407 g/mol. The summed E-state index contributed by atoms with van der Waals surface area (Å²) < 4.78 is 53.1. The van der Waals surface area contributed by atoms with Crippen LogP contribution in [0.15, 0.2) is 36.4 Å². The summed E-state index contributed by atoms with van der Waals surface area (Å²) in [5, 5.41) is 0. The van der Waals surface area contributed by atoms with Crippen molar-refractivity contribution in [3.05, 3.63) is 53.5 Å². The van der Waals surface area contributed by atoms with Crippen LogP contribution in [0.25, 0.3) is 0 Å². The smallest absolute Gasteiger partial charge is 0.341 e. The molecular weight excluding hydrogens is 386 g/mol. The van der Waals surface area contributed by atoms with E-state index in [1.807, 2.05) is 0 Å². The van der Waals surface area contributed by atoms with Gasteiger partial charge in [-0.2, -0.15) is 13.2 Å². The largest absolute Gasteiger partial charge is 0.416 e. The van der Waals surface area contributed by atoms with Gasteiger partial charge in [0.25, 0.3) is 0 Å². The van der Waals surface area contributed by atoms with Crippen LogP contribution in [0, 0.1) is 18.7 Å². The molecule has 1 aliphatic carbocycles. The Morgan fingerprint density at radius 3 is 2.52 bits per heavy atom. The molecule has 2 fully saturated rings. The van der Waals surface area contributed by atoms with E-state index in [-0.39, 0.29) is 29.4 Å². The number of nitrogens with zero attached hydrogens (tertiary/aromatic N) is 3. The van der Waals surface area contributed by atoms with Crippen LogP contribution in [-0.4, -0.2) is 30.0 Å². The first-order valence-electron chi connectivity index (χ1n) is 9.52. The fraction of sp³-hybridized carbons (Fsp3) is 0.429. The number of anilines is 2. The van der Waals surface area contributed by atoms with Crippen LogP contribution in [0.5, 0.6) is 0 Å². The molecule has 1 aliphatic heterocycles. The minimum Gasteiger partial charge on any atom is -0.341 e. The fourth-order valence-corrected chi connectivity index (χ4v) is 4.57. The third-order valence-electron chi connectivity index (χ3n) is 5.91. The molecule has 0 unspecified atom stereocenters. The summed E-state index contributed by atoms with van der Waals surface area (Å²) in [6, 6.07) is 7.02. The lowest BCUT2D eigenvalue weighted by atomic mass is 9.97. The van der Waals surface area contributed by atoms with Gasteiger partial charge in [0.15, 0.2) is 0 Å². The SMILES string of the molecule is Cc1cc(C(F)(F)F)cc(N2[C@@H]3CC[C@@H](C3)[C@H]2C(=O)N(C)c2ccc(F)cc2)n1. The minimum absolute atomic E-state index is 0.00838. The van der Waals surface area contributed by atoms with E-state index in [4.69, 9.17) is 0 Å². The molecule has 2 bridgehead atoms. The second-order valence-corrected chi connectivity index (χ2v) is 7.81. The van der Waals surface area contributed by atoms with Crippen molar-refractivity contribution in [3.8, 4) is 0 Å². The molecule has 1 amide bonds. The van der Waals surface area contributed by atoms with Gasteiger partial charge in [0.1, 0.15) is 17.7 Å². The molecule has 2 heterocycles. The van der Waals surface area contributed by atoms with Crippen molar-refractivity contribution in [2.75, 3.05) is 16.8 Å². The van der Waals surface area contributed by atoms with Gasteiger partial charge in [-0.15, -0.1) is 0 Å². The molecular formula is C21H21F4N3O. The van der Waals surface area contributed by atoms with Crippen molar-refractivity contribution in [3.63, 3.8) is 0 Å². The molecule has 29 heavy (non-hydrogen) atoms. The number of alkyl halides is 3. The molecule has 4 nitrogen and oxygen atoms in total. The predicted octanol–water partition coefficient (Wildman–Crippen LogP) is 4.57. The standard InChI is InChI=1S/C21H21F4N3O/c1-12-9-14(21(23,24)25)11-18(26-12)28-17-6-3-13(10-17)19(28)20(29)27(2)16-7-4-15(22)5-8-16/h4-5,7-9,11,13,17,19H,3,6,10H2,1-2H3/t13-,17+,19-/m0/s1. The van der Waals surface area contributed by atoms with Gasteiger partial charge in [-0.1, -0.05) is 0 Å². The lowest BCUT2D eigenvalue weighted by Gasteiger charge is -2.37. The first-order valence-corrected chi connectivity index (χ1v) is 9.52. The summed E-state index contributed by atoms with van der Waals surface area (Å²) >= 11 is 0. The highest BCUT2D eigenvalue weighted by Crippen LogP contribution is 2.46. The molecule has 0 radical (unpaired) electrons. The molecule has 4 rings (SSSR count). The van der Waals surface area contributed by atoms with E-state index in [9.17, 15) is 22.4 Å². The molecule has 154 valence electrons. The zero-order chi connectivity index (χ0) is 20.9. The number of hydrogen-bond donors (Lipinski definition) is 0. The number of aromatic nitrogens is 1. The number of aryl methyl sites for hydroxylation is 1. The fourth-order valence-electron chi connectivity index (χ4n) is 4.57. The van der Waals surface area contributed by atoms with E-state index in [2.05, 4.69) is 4.98 Å². The maximum atomic E-state index is 13.3. The molecule has 3 atom stereocenters. The van der Waals surface area contributed by atoms with Crippen molar-refractivity contribution in [2.45, 2.75) is 44.4 Å². The van der Waals surface area contributed by atoms with Gasteiger partial charge in [0.05, 0.1) is 5.56 Å². The molecule has 1 saturated carbocycles. The third kappa shape index (κ3) is 3.56. The minimum atomic E-state index is -4.48. The zero-order valence-electron chi connectivity index (χ0n) is 16.1. The Labute approximate surface area is 166 Å². The normalized spacial score (nSPS) is 23.5. The highest BCUT2D eigenvalue weighted by Gasteiger charge is 2.51. The van der Waals surface area contributed by atoms with Crippen molar-refractivity contribution in [1.82, 2.24) is 4.98 Å². The van der Waals surface area contributed by atoms with Crippen molar-refractivity contribution in [1.29, 1.82) is 0 Å². The summed E-state index contributed by atoms with van der Waals surface area (Å²) in [7, 11) is 1.60. The van der Waals surface area contributed by atoms with Crippen molar-refractivity contribution in [2.24, 2.45) is 5.92 Å². The van der Waals surface area contributed by atoms with E-state index in [1.165, 1.54) is 36.1 Å². The Hall–Kier alpha value is -2.64. The van der Waals surface area contributed by atoms with E-state index < -0.39 is 23.6 Å². The Bertz CT molecular complexity index is 929. The van der Waals surface area contributed by atoms with Crippen molar-refractivity contribution < 1.29 is 22.4 Å². The number of carbonyl (C=O) groups excluding carboxylic acids is 1. The van der Waals surface area contributed by atoms with Crippen LogP contribution in [0.2, 0.25) is 0 Å². The van der Waals surface area contributed by atoms with E-state index in [0.29, 0.717) is 5.69 Å². The van der Waals surface area contributed by atoms with Crippen LogP contribution < -0.4 is 9.80 Å². The van der Waals surface area contributed by atoms with Crippen LogP contribution in [0.3, 0.4) is 0 Å². The van der Waals surface area contributed by atoms with Gasteiger partial charge in [-0.25, -0.2) is 9.37 Å². The number of pyridine rings is 1. The van der Waals surface area contributed by atoms with Gasteiger partial charge in [0.2, 0.25) is 5.91 Å². The van der Waals surface area contributed by atoms with Crippen molar-refractivity contribution >= 4 is 17.4 Å². The summed E-state index contributed by atoms with van der Waals surface area (Å²) in [4.78, 5) is 20.8. The first-order chi connectivity index (χ1) is 13.6. The Morgan fingerprint density at radius 1 is 1.17 bits per heavy atom. The average Bonchev–Trinajstić information content (AvgIpc) is 3.27. The number of hydrogen-bond acceptors (Lipinski definition) is 3. The highest BCUT2D eigenvalue weighted by molar-refractivity contribution is 5.99. The molecule has 0 N–H and O–H groups in total. The third-order valence-corrected chi connectivity index (χ3v) is 5.91. The van der Waals surface area contributed by atoms with Crippen LogP contribution in [0.4, 0.5) is 29.1 Å². The Balaban J connectivity index is 1.69. The van der Waals surface area contributed by atoms with Crippen LogP contribution in [-0.2, 0) is 11.0 Å². The van der Waals surface area contributed by atoms with Gasteiger partial charge in [0, 0.05) is 24.5 Å². The number of carbonyl (C=O) groups is 1. The molecule has 8 heteroatoms. The maximum absolute atomic E-state index is 13.3. The second kappa shape index (κ2) is 7.00. The molecule has 2 aromatic rings. The molecule has 0 spiro atoms. The van der Waals surface area contributed by atoms with E-state index in [0.717, 1.165) is 31.4 Å². The van der Waals surface area contributed by atoms with E-state index in [1.54, 1.807) is 11.9 Å². The number of benzene rings is 1. The topological polar surface area (TPSA) is 36.4 Å². The number of likely N-dealkylation sites (N-methyl/N-ethyl adjacent to an activating group) is 1. The number of fused-ring (bicyclic) bond motifs is 2.